The van der Waals surface area contributed by atoms with Gasteiger partial charge >= 0.3 is 6.03 Å². The summed E-state index contributed by atoms with van der Waals surface area (Å²) >= 11 is 1.33. The van der Waals surface area contributed by atoms with Crippen molar-refractivity contribution in [3.05, 3.63) is 11.1 Å². The number of anilines is 1. The number of rotatable bonds is 5. The lowest BCUT2D eigenvalue weighted by Crippen LogP contribution is -2.36. The van der Waals surface area contributed by atoms with Crippen LogP contribution in [0.2, 0.25) is 0 Å². The zero-order valence-electron chi connectivity index (χ0n) is 12.4. The first kappa shape index (κ1) is 15.8. The molecule has 3 N–H and O–H groups in total. The standard InChI is InChI=1S/C14H22N4O2S/c1-9(2)15-12(19)7-11-8-21-14(17-11)18-13(20)16-10-5-3-4-6-10/h8-10H,3-7H2,1-2H3,(H,15,19)(H2,16,17,18,20). The Morgan fingerprint density at radius 2 is 2.10 bits per heavy atom. The van der Waals surface area contributed by atoms with Gasteiger partial charge in [-0.2, -0.15) is 0 Å². The fraction of sp³-hybridized carbons (Fsp3) is 0.643. The van der Waals surface area contributed by atoms with Crippen molar-refractivity contribution in [1.82, 2.24) is 15.6 Å². The zero-order chi connectivity index (χ0) is 15.2. The summed E-state index contributed by atoms with van der Waals surface area (Å²) in [5.41, 5.74) is 0.675. The highest BCUT2D eigenvalue weighted by Gasteiger charge is 2.17. The number of carbonyl (C=O) groups is 2. The molecule has 7 heteroatoms. The van der Waals surface area contributed by atoms with E-state index in [9.17, 15) is 9.59 Å². The van der Waals surface area contributed by atoms with E-state index in [1.54, 1.807) is 5.38 Å². The van der Waals surface area contributed by atoms with E-state index in [2.05, 4.69) is 20.9 Å². The molecule has 0 saturated heterocycles. The minimum atomic E-state index is -0.213. The van der Waals surface area contributed by atoms with Crippen LogP contribution in [0.4, 0.5) is 9.93 Å². The van der Waals surface area contributed by atoms with Crippen molar-refractivity contribution in [1.29, 1.82) is 0 Å². The predicted octanol–water partition coefficient (Wildman–Crippen LogP) is 2.27. The van der Waals surface area contributed by atoms with E-state index in [-0.39, 0.29) is 30.4 Å². The Labute approximate surface area is 128 Å². The van der Waals surface area contributed by atoms with Crippen LogP contribution in [0, 0.1) is 0 Å². The summed E-state index contributed by atoms with van der Waals surface area (Å²) in [5, 5.41) is 10.8. The van der Waals surface area contributed by atoms with Crippen LogP contribution in [-0.4, -0.2) is 29.0 Å². The second kappa shape index (κ2) is 7.40. The van der Waals surface area contributed by atoms with Crippen molar-refractivity contribution >= 4 is 28.4 Å². The lowest BCUT2D eigenvalue weighted by atomic mass is 10.3. The van der Waals surface area contributed by atoms with Crippen molar-refractivity contribution in [2.24, 2.45) is 0 Å². The van der Waals surface area contributed by atoms with Crippen molar-refractivity contribution in [2.75, 3.05) is 5.32 Å². The van der Waals surface area contributed by atoms with Gasteiger partial charge in [-0.05, 0) is 26.7 Å². The van der Waals surface area contributed by atoms with E-state index in [1.165, 1.54) is 24.2 Å². The molecule has 21 heavy (non-hydrogen) atoms. The average Bonchev–Trinajstić information content (AvgIpc) is 3.00. The Bertz CT molecular complexity index is 495. The number of hydrogen-bond acceptors (Lipinski definition) is 4. The second-order valence-electron chi connectivity index (χ2n) is 5.62. The van der Waals surface area contributed by atoms with Crippen LogP contribution in [0.3, 0.4) is 0 Å². The number of hydrogen-bond donors (Lipinski definition) is 3. The van der Waals surface area contributed by atoms with Crippen LogP contribution in [-0.2, 0) is 11.2 Å². The first-order valence-corrected chi connectivity index (χ1v) is 8.22. The average molecular weight is 310 g/mol. The number of carbonyl (C=O) groups excluding carboxylic acids is 2. The predicted molar refractivity (Wildman–Crippen MR) is 83.5 cm³/mol. The van der Waals surface area contributed by atoms with E-state index < -0.39 is 0 Å². The molecule has 1 fully saturated rings. The van der Waals surface area contributed by atoms with Crippen molar-refractivity contribution in [3.8, 4) is 0 Å². The van der Waals surface area contributed by atoms with Gasteiger partial charge in [-0.1, -0.05) is 12.8 Å². The van der Waals surface area contributed by atoms with Gasteiger partial charge in [-0.15, -0.1) is 11.3 Å². The first-order chi connectivity index (χ1) is 10.0. The van der Waals surface area contributed by atoms with E-state index in [0.717, 1.165) is 12.8 Å². The maximum atomic E-state index is 11.8. The van der Waals surface area contributed by atoms with Gasteiger partial charge in [-0.3, -0.25) is 10.1 Å². The molecular formula is C14H22N4O2S. The number of aromatic nitrogens is 1. The fourth-order valence-electron chi connectivity index (χ4n) is 2.37. The van der Waals surface area contributed by atoms with Crippen molar-refractivity contribution in [3.63, 3.8) is 0 Å². The summed E-state index contributed by atoms with van der Waals surface area (Å²) in [6, 6.07) is 0.182. The molecule has 0 bridgehead atoms. The molecule has 0 spiro atoms. The molecule has 2 rings (SSSR count). The molecule has 1 aromatic heterocycles. The Balaban J connectivity index is 1.79. The quantitative estimate of drug-likeness (QED) is 0.780. The number of amides is 3. The summed E-state index contributed by atoms with van der Waals surface area (Å²) in [4.78, 5) is 27.7. The summed E-state index contributed by atoms with van der Waals surface area (Å²) in [7, 11) is 0. The lowest BCUT2D eigenvalue weighted by Gasteiger charge is -2.11. The van der Waals surface area contributed by atoms with Crippen LogP contribution in [0.5, 0.6) is 0 Å². The molecule has 1 aromatic rings. The third-order valence-electron chi connectivity index (χ3n) is 3.25. The maximum absolute atomic E-state index is 11.8. The van der Waals surface area contributed by atoms with Gasteiger partial charge in [-0.25, -0.2) is 9.78 Å². The van der Waals surface area contributed by atoms with Crippen LogP contribution in [0.25, 0.3) is 0 Å². The number of nitrogens with zero attached hydrogens (tertiary/aromatic N) is 1. The lowest BCUT2D eigenvalue weighted by molar-refractivity contribution is -0.120. The minimum Gasteiger partial charge on any atom is -0.354 e. The Kier molecular flexibility index (Phi) is 5.55. The topological polar surface area (TPSA) is 83.1 Å². The van der Waals surface area contributed by atoms with E-state index in [4.69, 9.17) is 0 Å². The van der Waals surface area contributed by atoms with E-state index >= 15 is 0 Å². The summed E-state index contributed by atoms with van der Waals surface area (Å²) < 4.78 is 0. The molecule has 1 aliphatic rings. The van der Waals surface area contributed by atoms with Crippen molar-refractivity contribution in [2.45, 2.75) is 58.0 Å². The third-order valence-corrected chi connectivity index (χ3v) is 4.06. The maximum Gasteiger partial charge on any atom is 0.321 e. The molecule has 0 aromatic carbocycles. The zero-order valence-corrected chi connectivity index (χ0v) is 13.3. The highest BCUT2D eigenvalue weighted by atomic mass is 32.1. The van der Waals surface area contributed by atoms with Crippen molar-refractivity contribution < 1.29 is 9.59 Å². The summed E-state index contributed by atoms with van der Waals surface area (Å²) in [6.45, 7) is 3.83. The minimum absolute atomic E-state index is 0.0581. The number of thiazole rings is 1. The molecule has 116 valence electrons. The van der Waals surface area contributed by atoms with Gasteiger partial charge in [0.25, 0.3) is 0 Å². The molecule has 6 nitrogen and oxygen atoms in total. The largest absolute Gasteiger partial charge is 0.354 e. The molecule has 0 atom stereocenters. The van der Waals surface area contributed by atoms with E-state index in [0.29, 0.717) is 10.8 Å². The van der Waals surface area contributed by atoms with Crippen LogP contribution < -0.4 is 16.0 Å². The second-order valence-corrected chi connectivity index (χ2v) is 6.48. The Hall–Kier alpha value is -1.63. The smallest absolute Gasteiger partial charge is 0.321 e. The molecule has 1 aliphatic carbocycles. The van der Waals surface area contributed by atoms with Gasteiger partial charge in [0.1, 0.15) is 0 Å². The summed E-state index contributed by atoms with van der Waals surface area (Å²) in [5.74, 6) is -0.0581. The van der Waals surface area contributed by atoms with Crippen LogP contribution in [0.15, 0.2) is 5.38 Å². The summed E-state index contributed by atoms with van der Waals surface area (Å²) in [6.07, 6.45) is 4.69. The van der Waals surface area contributed by atoms with Gasteiger partial charge in [0.05, 0.1) is 12.1 Å². The monoisotopic (exact) mass is 310 g/mol. The molecule has 0 radical (unpaired) electrons. The van der Waals surface area contributed by atoms with Gasteiger partial charge in [0.2, 0.25) is 5.91 Å². The highest BCUT2D eigenvalue weighted by molar-refractivity contribution is 7.13. The Morgan fingerprint density at radius 3 is 2.76 bits per heavy atom. The van der Waals surface area contributed by atoms with Crippen LogP contribution in [0.1, 0.15) is 45.2 Å². The van der Waals surface area contributed by atoms with Crippen LogP contribution >= 0.6 is 11.3 Å². The normalized spacial score (nSPS) is 15.2. The molecule has 1 heterocycles. The van der Waals surface area contributed by atoms with Gasteiger partial charge in [0, 0.05) is 17.5 Å². The molecule has 0 unspecified atom stereocenters. The SMILES string of the molecule is CC(C)NC(=O)Cc1csc(NC(=O)NC2CCCC2)n1. The molecular weight excluding hydrogens is 288 g/mol. The first-order valence-electron chi connectivity index (χ1n) is 7.34. The number of nitrogens with one attached hydrogen (secondary N) is 3. The fourth-order valence-corrected chi connectivity index (χ4v) is 3.08. The highest BCUT2D eigenvalue weighted by Crippen LogP contribution is 2.19. The molecule has 0 aliphatic heterocycles. The molecule has 3 amide bonds. The Morgan fingerprint density at radius 1 is 1.38 bits per heavy atom. The third kappa shape index (κ3) is 5.34. The van der Waals surface area contributed by atoms with Gasteiger partial charge in [0.15, 0.2) is 5.13 Å². The van der Waals surface area contributed by atoms with Gasteiger partial charge < -0.3 is 10.6 Å². The number of urea groups is 1. The molecule has 1 saturated carbocycles. The van der Waals surface area contributed by atoms with E-state index in [1.807, 2.05) is 13.8 Å².